The summed E-state index contributed by atoms with van der Waals surface area (Å²) in [6.45, 7) is 1.03. The maximum absolute atomic E-state index is 12.3. The number of hydrogen-bond donors (Lipinski definition) is 1. The number of rotatable bonds is 2. The van der Waals surface area contributed by atoms with Crippen LogP contribution in [0.25, 0.3) is 0 Å². The van der Waals surface area contributed by atoms with Gasteiger partial charge in [0.2, 0.25) is 5.91 Å². The minimum Gasteiger partial charge on any atom is -0.481 e. The summed E-state index contributed by atoms with van der Waals surface area (Å²) in [6.07, 6.45) is 7.08. The molecule has 2 aliphatic carbocycles. The van der Waals surface area contributed by atoms with Crippen molar-refractivity contribution in [1.82, 2.24) is 4.90 Å². The molecule has 0 radical (unpaired) electrons. The van der Waals surface area contributed by atoms with Crippen LogP contribution in [0.3, 0.4) is 0 Å². The molecular formula is C13H17NO3. The number of carboxylic acids is 1. The Labute approximate surface area is 100 Å². The summed E-state index contributed by atoms with van der Waals surface area (Å²) in [7, 11) is 0. The number of carbonyl (C=O) groups is 2. The van der Waals surface area contributed by atoms with E-state index in [1.54, 1.807) is 4.90 Å². The summed E-state index contributed by atoms with van der Waals surface area (Å²) in [6, 6.07) is 0. The highest BCUT2D eigenvalue weighted by Gasteiger charge is 2.43. The molecule has 4 heteroatoms. The van der Waals surface area contributed by atoms with Gasteiger partial charge in [-0.15, -0.1) is 0 Å². The Balaban J connectivity index is 1.64. The molecule has 1 saturated carbocycles. The lowest BCUT2D eigenvalue weighted by molar-refractivity contribution is -0.141. The Kier molecular flexibility index (Phi) is 2.45. The van der Waals surface area contributed by atoms with Crippen LogP contribution < -0.4 is 0 Å². The molecule has 4 atom stereocenters. The van der Waals surface area contributed by atoms with Crippen molar-refractivity contribution in [2.45, 2.75) is 19.3 Å². The topological polar surface area (TPSA) is 57.6 Å². The predicted molar refractivity (Wildman–Crippen MR) is 61.2 cm³/mol. The molecule has 1 saturated heterocycles. The summed E-state index contributed by atoms with van der Waals surface area (Å²) in [5.41, 5.74) is 0. The molecule has 2 bridgehead atoms. The Morgan fingerprint density at radius 2 is 2.06 bits per heavy atom. The van der Waals surface area contributed by atoms with Gasteiger partial charge >= 0.3 is 5.97 Å². The lowest BCUT2D eigenvalue weighted by Crippen LogP contribution is -2.36. The first-order valence-electron chi connectivity index (χ1n) is 6.35. The lowest BCUT2D eigenvalue weighted by atomic mass is 9.92. The number of nitrogens with zero attached hydrogens (tertiary/aromatic N) is 1. The molecule has 0 spiro atoms. The average molecular weight is 235 g/mol. The third-order valence-corrected chi connectivity index (χ3v) is 4.45. The van der Waals surface area contributed by atoms with Gasteiger partial charge in [0, 0.05) is 19.0 Å². The van der Waals surface area contributed by atoms with Crippen LogP contribution in [0.4, 0.5) is 0 Å². The monoisotopic (exact) mass is 235 g/mol. The molecule has 1 heterocycles. The van der Waals surface area contributed by atoms with Crippen LogP contribution in [0, 0.1) is 23.7 Å². The first-order valence-corrected chi connectivity index (χ1v) is 6.35. The number of allylic oxidation sites excluding steroid dienone is 2. The molecule has 92 valence electrons. The molecule has 1 aliphatic heterocycles. The molecule has 4 nitrogen and oxygen atoms in total. The van der Waals surface area contributed by atoms with Gasteiger partial charge in [-0.3, -0.25) is 9.59 Å². The highest BCUT2D eigenvalue weighted by Crippen LogP contribution is 2.44. The van der Waals surface area contributed by atoms with E-state index >= 15 is 0 Å². The van der Waals surface area contributed by atoms with Crippen LogP contribution in [-0.4, -0.2) is 35.0 Å². The van der Waals surface area contributed by atoms with E-state index in [1.165, 1.54) is 0 Å². The van der Waals surface area contributed by atoms with Crippen molar-refractivity contribution in [3.63, 3.8) is 0 Å². The molecule has 2 fully saturated rings. The number of carboxylic acid groups (broad SMARTS) is 1. The molecule has 1 N–H and O–H groups in total. The molecule has 3 aliphatic rings. The van der Waals surface area contributed by atoms with E-state index in [0.717, 1.165) is 12.8 Å². The fourth-order valence-electron chi connectivity index (χ4n) is 3.46. The van der Waals surface area contributed by atoms with Crippen molar-refractivity contribution in [2.24, 2.45) is 23.7 Å². The van der Waals surface area contributed by atoms with E-state index in [-0.39, 0.29) is 17.7 Å². The zero-order valence-corrected chi connectivity index (χ0v) is 9.71. The van der Waals surface area contributed by atoms with Crippen LogP contribution in [0.1, 0.15) is 19.3 Å². The number of hydrogen-bond acceptors (Lipinski definition) is 2. The van der Waals surface area contributed by atoms with Crippen LogP contribution >= 0.6 is 0 Å². The van der Waals surface area contributed by atoms with Crippen molar-refractivity contribution >= 4 is 11.9 Å². The summed E-state index contributed by atoms with van der Waals surface area (Å²) in [5, 5.41) is 8.93. The number of aliphatic carboxylic acids is 1. The van der Waals surface area contributed by atoms with Crippen molar-refractivity contribution < 1.29 is 14.7 Å². The van der Waals surface area contributed by atoms with Crippen molar-refractivity contribution in [3.8, 4) is 0 Å². The quantitative estimate of drug-likeness (QED) is 0.730. The van der Waals surface area contributed by atoms with Crippen LogP contribution in [0.2, 0.25) is 0 Å². The molecule has 1 amide bonds. The fraction of sp³-hybridized carbons (Fsp3) is 0.692. The molecule has 0 aromatic carbocycles. The maximum Gasteiger partial charge on any atom is 0.308 e. The minimum absolute atomic E-state index is 0.123. The number of carbonyl (C=O) groups excluding carboxylic acids is 1. The second-order valence-electron chi connectivity index (χ2n) is 5.49. The van der Waals surface area contributed by atoms with E-state index in [9.17, 15) is 9.59 Å². The summed E-state index contributed by atoms with van der Waals surface area (Å²) >= 11 is 0. The third kappa shape index (κ3) is 1.75. The van der Waals surface area contributed by atoms with E-state index in [1.807, 2.05) is 0 Å². The Hall–Kier alpha value is -1.32. The second kappa shape index (κ2) is 3.86. The molecule has 17 heavy (non-hydrogen) atoms. The SMILES string of the molecule is O=C(O)C1CCN(C(=O)C2CC3C=CC2C3)C1. The predicted octanol–water partition coefficient (Wildman–Crippen LogP) is 1.13. The van der Waals surface area contributed by atoms with Crippen LogP contribution in [0.15, 0.2) is 12.2 Å². The lowest BCUT2D eigenvalue weighted by Gasteiger charge is -2.24. The van der Waals surface area contributed by atoms with Crippen molar-refractivity contribution in [1.29, 1.82) is 0 Å². The molecule has 3 rings (SSSR count). The van der Waals surface area contributed by atoms with Gasteiger partial charge in [-0.05, 0) is 31.1 Å². The summed E-state index contributed by atoms with van der Waals surface area (Å²) in [4.78, 5) is 24.9. The van der Waals surface area contributed by atoms with Gasteiger partial charge in [0.1, 0.15) is 0 Å². The third-order valence-electron chi connectivity index (χ3n) is 4.45. The first-order chi connectivity index (χ1) is 8.15. The van der Waals surface area contributed by atoms with Crippen LogP contribution in [0.5, 0.6) is 0 Å². The smallest absolute Gasteiger partial charge is 0.308 e. The van der Waals surface area contributed by atoms with Crippen molar-refractivity contribution in [2.75, 3.05) is 13.1 Å². The fourth-order valence-corrected chi connectivity index (χ4v) is 3.46. The zero-order valence-electron chi connectivity index (χ0n) is 9.71. The van der Waals surface area contributed by atoms with Gasteiger partial charge in [-0.2, -0.15) is 0 Å². The van der Waals surface area contributed by atoms with E-state index in [2.05, 4.69) is 12.2 Å². The van der Waals surface area contributed by atoms with E-state index in [0.29, 0.717) is 31.3 Å². The standard InChI is InChI=1S/C13H17NO3/c15-12(11-6-8-1-2-9(11)5-8)14-4-3-10(7-14)13(16)17/h1-2,8-11H,3-7H2,(H,16,17). The van der Waals surface area contributed by atoms with Gasteiger partial charge < -0.3 is 10.0 Å². The maximum atomic E-state index is 12.3. The first kappa shape index (κ1) is 10.8. The number of amides is 1. The summed E-state index contributed by atoms with van der Waals surface area (Å²) in [5.74, 6) is 0.188. The summed E-state index contributed by atoms with van der Waals surface area (Å²) < 4.78 is 0. The highest BCUT2D eigenvalue weighted by atomic mass is 16.4. The normalized spacial score (nSPS) is 38.9. The largest absolute Gasteiger partial charge is 0.481 e. The van der Waals surface area contributed by atoms with Crippen LogP contribution in [-0.2, 0) is 9.59 Å². The number of likely N-dealkylation sites (tertiary alicyclic amines) is 1. The van der Waals surface area contributed by atoms with Gasteiger partial charge in [0.15, 0.2) is 0 Å². The van der Waals surface area contributed by atoms with E-state index < -0.39 is 5.97 Å². The Morgan fingerprint density at radius 3 is 2.59 bits per heavy atom. The zero-order chi connectivity index (χ0) is 12.0. The van der Waals surface area contributed by atoms with Gasteiger partial charge in [-0.1, -0.05) is 12.2 Å². The van der Waals surface area contributed by atoms with Gasteiger partial charge in [0.05, 0.1) is 5.92 Å². The molecule has 0 aromatic rings. The van der Waals surface area contributed by atoms with Gasteiger partial charge in [0.25, 0.3) is 0 Å². The molecular weight excluding hydrogens is 218 g/mol. The second-order valence-corrected chi connectivity index (χ2v) is 5.49. The number of fused-ring (bicyclic) bond motifs is 2. The average Bonchev–Trinajstić information content (AvgIpc) is 3.03. The Morgan fingerprint density at radius 1 is 1.24 bits per heavy atom. The Bertz CT molecular complexity index is 390. The molecule has 4 unspecified atom stereocenters. The highest BCUT2D eigenvalue weighted by molar-refractivity contribution is 5.81. The van der Waals surface area contributed by atoms with Crippen molar-refractivity contribution in [3.05, 3.63) is 12.2 Å². The van der Waals surface area contributed by atoms with Gasteiger partial charge in [-0.25, -0.2) is 0 Å². The molecule has 0 aromatic heterocycles. The minimum atomic E-state index is -0.770. The van der Waals surface area contributed by atoms with E-state index in [4.69, 9.17) is 5.11 Å².